The molecule has 0 spiro atoms. The number of aryl methyl sites for hydroxylation is 2. The van der Waals surface area contributed by atoms with Gasteiger partial charge in [0.2, 0.25) is 5.91 Å². The quantitative estimate of drug-likeness (QED) is 0.918. The second kappa shape index (κ2) is 6.25. The van der Waals surface area contributed by atoms with Gasteiger partial charge in [0.25, 0.3) is 0 Å². The lowest BCUT2D eigenvalue weighted by molar-refractivity contribution is -0.119. The monoisotopic (exact) mass is 278 g/mol. The first kappa shape index (κ1) is 14.8. The highest BCUT2D eigenvalue weighted by atomic mass is 19.1. The Balaban J connectivity index is 2.10. The molecule has 0 atom stereocenters. The van der Waals surface area contributed by atoms with Gasteiger partial charge in [-0.25, -0.2) is 4.39 Å². The van der Waals surface area contributed by atoms with Crippen molar-refractivity contribution in [1.82, 2.24) is 5.32 Å². The lowest BCUT2D eigenvalue weighted by Gasteiger charge is -2.31. The van der Waals surface area contributed by atoms with E-state index in [1.807, 2.05) is 17.9 Å². The van der Waals surface area contributed by atoms with E-state index in [1.54, 1.807) is 6.07 Å². The Morgan fingerprint density at radius 3 is 2.90 bits per heavy atom. The van der Waals surface area contributed by atoms with Crippen molar-refractivity contribution >= 4 is 11.6 Å². The van der Waals surface area contributed by atoms with Crippen molar-refractivity contribution in [2.24, 2.45) is 5.92 Å². The molecule has 110 valence electrons. The molecule has 0 saturated heterocycles. The van der Waals surface area contributed by atoms with Gasteiger partial charge in [-0.3, -0.25) is 4.79 Å². The van der Waals surface area contributed by atoms with Gasteiger partial charge in [0, 0.05) is 13.1 Å². The fraction of sp³-hybridized carbons (Fsp3) is 0.562. The Bertz CT molecular complexity index is 499. The van der Waals surface area contributed by atoms with E-state index in [1.165, 1.54) is 0 Å². The normalized spacial score (nSPS) is 14.3. The molecule has 1 heterocycles. The van der Waals surface area contributed by atoms with E-state index in [2.05, 4.69) is 19.2 Å². The van der Waals surface area contributed by atoms with Crippen LogP contribution in [0.3, 0.4) is 0 Å². The number of carbonyl (C=O) groups excluding carboxylic acids is 1. The third-order valence-corrected chi connectivity index (χ3v) is 3.52. The number of amides is 1. The number of anilines is 1. The van der Waals surface area contributed by atoms with Crippen molar-refractivity contribution in [3.8, 4) is 0 Å². The number of hydrogen-bond acceptors (Lipinski definition) is 2. The van der Waals surface area contributed by atoms with Gasteiger partial charge < -0.3 is 10.2 Å². The van der Waals surface area contributed by atoms with Crippen LogP contribution in [0.4, 0.5) is 10.1 Å². The van der Waals surface area contributed by atoms with Crippen LogP contribution in [0, 0.1) is 18.7 Å². The van der Waals surface area contributed by atoms with E-state index < -0.39 is 0 Å². The predicted octanol–water partition coefficient (Wildman–Crippen LogP) is 2.66. The van der Waals surface area contributed by atoms with Crippen LogP contribution in [0.25, 0.3) is 0 Å². The average molecular weight is 278 g/mol. The molecule has 1 aromatic rings. The minimum Gasteiger partial charge on any atom is -0.360 e. The summed E-state index contributed by atoms with van der Waals surface area (Å²) in [6, 6.07) is 3.57. The SMILES string of the molecule is Cc1cc(F)c2c(c1)CCCN2CC(=O)NCC(C)C. The molecule has 1 aromatic carbocycles. The predicted molar refractivity (Wildman–Crippen MR) is 79.5 cm³/mol. The lowest BCUT2D eigenvalue weighted by atomic mass is 9.99. The molecule has 0 bridgehead atoms. The first-order valence-electron chi connectivity index (χ1n) is 7.28. The highest BCUT2D eigenvalue weighted by Gasteiger charge is 2.22. The zero-order chi connectivity index (χ0) is 14.7. The Morgan fingerprint density at radius 2 is 2.20 bits per heavy atom. The fourth-order valence-corrected chi connectivity index (χ4v) is 2.63. The molecule has 1 amide bonds. The van der Waals surface area contributed by atoms with Crippen LogP contribution in [-0.4, -0.2) is 25.5 Å². The molecule has 4 heteroatoms. The summed E-state index contributed by atoms with van der Waals surface area (Å²) in [4.78, 5) is 13.8. The van der Waals surface area contributed by atoms with Crippen molar-refractivity contribution in [3.05, 3.63) is 29.1 Å². The molecule has 0 aromatic heterocycles. The van der Waals surface area contributed by atoms with Gasteiger partial charge >= 0.3 is 0 Å². The molecule has 1 aliphatic heterocycles. The first-order chi connectivity index (χ1) is 9.47. The van der Waals surface area contributed by atoms with Crippen LogP contribution >= 0.6 is 0 Å². The summed E-state index contributed by atoms with van der Waals surface area (Å²) in [5.41, 5.74) is 2.57. The Labute approximate surface area is 120 Å². The summed E-state index contributed by atoms with van der Waals surface area (Å²) in [6.07, 6.45) is 1.85. The smallest absolute Gasteiger partial charge is 0.239 e. The van der Waals surface area contributed by atoms with Gasteiger partial charge in [0.15, 0.2) is 0 Å². The lowest BCUT2D eigenvalue weighted by Crippen LogP contribution is -2.41. The number of halogens is 1. The van der Waals surface area contributed by atoms with Crippen LogP contribution in [0.5, 0.6) is 0 Å². The first-order valence-corrected chi connectivity index (χ1v) is 7.28. The standard InChI is InChI=1S/C16H23FN2O/c1-11(2)9-18-15(20)10-19-6-4-5-13-7-12(3)8-14(17)16(13)19/h7-8,11H,4-6,9-10H2,1-3H3,(H,18,20). The molecular weight excluding hydrogens is 255 g/mol. The van der Waals surface area contributed by atoms with E-state index in [0.29, 0.717) is 18.2 Å². The molecule has 20 heavy (non-hydrogen) atoms. The molecule has 2 rings (SSSR count). The number of fused-ring (bicyclic) bond motifs is 1. The molecule has 1 N–H and O–H groups in total. The van der Waals surface area contributed by atoms with E-state index in [4.69, 9.17) is 0 Å². The number of nitrogens with zero attached hydrogens (tertiary/aromatic N) is 1. The molecule has 3 nitrogen and oxygen atoms in total. The van der Waals surface area contributed by atoms with Crippen LogP contribution in [0.15, 0.2) is 12.1 Å². The zero-order valence-electron chi connectivity index (χ0n) is 12.5. The van der Waals surface area contributed by atoms with E-state index >= 15 is 0 Å². The average Bonchev–Trinajstić information content (AvgIpc) is 2.35. The van der Waals surface area contributed by atoms with Crippen LogP contribution in [-0.2, 0) is 11.2 Å². The summed E-state index contributed by atoms with van der Waals surface area (Å²) < 4.78 is 14.2. The summed E-state index contributed by atoms with van der Waals surface area (Å²) in [5.74, 6) is 0.176. The minimum atomic E-state index is -0.212. The van der Waals surface area contributed by atoms with Crippen molar-refractivity contribution in [2.45, 2.75) is 33.6 Å². The van der Waals surface area contributed by atoms with Gasteiger partial charge in [-0.1, -0.05) is 19.9 Å². The van der Waals surface area contributed by atoms with Gasteiger partial charge in [-0.05, 0) is 42.9 Å². The highest BCUT2D eigenvalue weighted by Crippen LogP contribution is 2.30. The van der Waals surface area contributed by atoms with Crippen molar-refractivity contribution in [3.63, 3.8) is 0 Å². The second-order valence-electron chi connectivity index (χ2n) is 5.98. The van der Waals surface area contributed by atoms with Gasteiger partial charge in [-0.15, -0.1) is 0 Å². The number of nitrogens with one attached hydrogen (secondary N) is 1. The van der Waals surface area contributed by atoms with E-state index in [9.17, 15) is 9.18 Å². The maximum Gasteiger partial charge on any atom is 0.239 e. The summed E-state index contributed by atoms with van der Waals surface area (Å²) >= 11 is 0. The third kappa shape index (κ3) is 3.50. The highest BCUT2D eigenvalue weighted by molar-refractivity contribution is 5.82. The number of carbonyl (C=O) groups is 1. The maximum absolute atomic E-state index is 14.2. The molecule has 0 saturated carbocycles. The zero-order valence-corrected chi connectivity index (χ0v) is 12.5. The largest absolute Gasteiger partial charge is 0.360 e. The minimum absolute atomic E-state index is 0.0356. The molecule has 0 aliphatic carbocycles. The Hall–Kier alpha value is -1.58. The molecule has 0 fully saturated rings. The van der Waals surface area contributed by atoms with E-state index in [0.717, 1.165) is 30.5 Å². The number of benzene rings is 1. The van der Waals surface area contributed by atoms with Gasteiger partial charge in [0.05, 0.1) is 12.2 Å². The molecule has 0 unspecified atom stereocenters. The number of rotatable bonds is 4. The van der Waals surface area contributed by atoms with Crippen LogP contribution in [0.1, 0.15) is 31.4 Å². The molecule has 0 radical (unpaired) electrons. The maximum atomic E-state index is 14.2. The van der Waals surface area contributed by atoms with Gasteiger partial charge in [0.1, 0.15) is 5.82 Å². The third-order valence-electron chi connectivity index (χ3n) is 3.52. The summed E-state index contributed by atoms with van der Waals surface area (Å²) in [5, 5.41) is 2.89. The van der Waals surface area contributed by atoms with Gasteiger partial charge in [-0.2, -0.15) is 0 Å². The van der Waals surface area contributed by atoms with Crippen LogP contribution in [0.2, 0.25) is 0 Å². The topological polar surface area (TPSA) is 32.3 Å². The number of hydrogen-bond donors (Lipinski definition) is 1. The Morgan fingerprint density at radius 1 is 1.45 bits per heavy atom. The molecular formula is C16H23FN2O. The summed E-state index contributed by atoms with van der Waals surface area (Å²) in [6.45, 7) is 7.65. The summed E-state index contributed by atoms with van der Waals surface area (Å²) in [7, 11) is 0. The fourth-order valence-electron chi connectivity index (χ4n) is 2.63. The molecule has 1 aliphatic rings. The van der Waals surface area contributed by atoms with Crippen LogP contribution < -0.4 is 10.2 Å². The van der Waals surface area contributed by atoms with Crippen molar-refractivity contribution in [2.75, 3.05) is 24.5 Å². The Kier molecular flexibility index (Phi) is 4.63. The second-order valence-corrected chi connectivity index (χ2v) is 5.98. The van der Waals surface area contributed by atoms with E-state index in [-0.39, 0.29) is 18.3 Å². The van der Waals surface area contributed by atoms with Crippen molar-refractivity contribution < 1.29 is 9.18 Å². The van der Waals surface area contributed by atoms with Crippen molar-refractivity contribution in [1.29, 1.82) is 0 Å².